The number of ether oxygens (including phenoxy) is 1. The van der Waals surface area contributed by atoms with Crippen molar-refractivity contribution in [1.29, 1.82) is 5.26 Å². The molecule has 0 aliphatic heterocycles. The molecule has 0 spiro atoms. The number of amides is 1. The number of nitrogens with one attached hydrogen (secondary N) is 1. The SMILES string of the molecule is CCC(Sc1nc(C)ccc1C#N)C(=O)Nc1ccc(Oc2ccccc2)cc1. The molecule has 3 aromatic rings. The first kappa shape index (κ1) is 20.4. The number of aromatic nitrogens is 1. The molecule has 0 radical (unpaired) electrons. The van der Waals surface area contributed by atoms with Gasteiger partial charge < -0.3 is 10.1 Å². The summed E-state index contributed by atoms with van der Waals surface area (Å²) in [5, 5.41) is 12.4. The average molecular weight is 404 g/mol. The number of hydrogen-bond acceptors (Lipinski definition) is 5. The van der Waals surface area contributed by atoms with E-state index in [1.165, 1.54) is 11.8 Å². The summed E-state index contributed by atoms with van der Waals surface area (Å²) in [5.41, 5.74) is 1.98. The smallest absolute Gasteiger partial charge is 0.237 e. The van der Waals surface area contributed by atoms with Crippen molar-refractivity contribution < 1.29 is 9.53 Å². The number of hydrogen-bond donors (Lipinski definition) is 1. The summed E-state index contributed by atoms with van der Waals surface area (Å²) in [6, 6.07) is 22.4. The van der Waals surface area contributed by atoms with Crippen LogP contribution in [0.5, 0.6) is 11.5 Å². The van der Waals surface area contributed by atoms with Gasteiger partial charge in [0.15, 0.2) is 0 Å². The maximum Gasteiger partial charge on any atom is 0.237 e. The second kappa shape index (κ2) is 9.76. The third kappa shape index (κ3) is 5.59. The Kier molecular flexibility index (Phi) is 6.88. The minimum absolute atomic E-state index is 0.124. The van der Waals surface area contributed by atoms with E-state index in [-0.39, 0.29) is 11.2 Å². The van der Waals surface area contributed by atoms with Crippen molar-refractivity contribution in [2.75, 3.05) is 5.32 Å². The van der Waals surface area contributed by atoms with Crippen LogP contribution >= 0.6 is 11.8 Å². The van der Waals surface area contributed by atoms with Crippen molar-refractivity contribution in [3.63, 3.8) is 0 Å². The molecule has 0 saturated carbocycles. The highest BCUT2D eigenvalue weighted by Gasteiger charge is 2.20. The zero-order valence-corrected chi connectivity index (χ0v) is 17.1. The Morgan fingerprint density at radius 3 is 2.45 bits per heavy atom. The Hall–Kier alpha value is -3.30. The minimum atomic E-state index is -0.350. The molecule has 1 heterocycles. The van der Waals surface area contributed by atoms with Gasteiger partial charge in [-0.25, -0.2) is 4.98 Å². The molecule has 2 aromatic carbocycles. The van der Waals surface area contributed by atoms with Gasteiger partial charge in [0.2, 0.25) is 5.91 Å². The maximum atomic E-state index is 12.7. The lowest BCUT2D eigenvalue weighted by atomic mass is 10.2. The van der Waals surface area contributed by atoms with Crippen molar-refractivity contribution in [2.45, 2.75) is 30.5 Å². The van der Waals surface area contributed by atoms with Gasteiger partial charge in [-0.3, -0.25) is 4.79 Å². The summed E-state index contributed by atoms with van der Waals surface area (Å²) in [6.07, 6.45) is 0.617. The Morgan fingerprint density at radius 1 is 1.10 bits per heavy atom. The lowest BCUT2D eigenvalue weighted by Gasteiger charge is -2.15. The highest BCUT2D eigenvalue weighted by molar-refractivity contribution is 8.00. The van der Waals surface area contributed by atoms with Gasteiger partial charge in [0.1, 0.15) is 22.6 Å². The van der Waals surface area contributed by atoms with Crippen LogP contribution in [0.1, 0.15) is 24.6 Å². The van der Waals surface area contributed by atoms with E-state index in [1.807, 2.05) is 56.3 Å². The minimum Gasteiger partial charge on any atom is -0.457 e. The molecule has 1 aromatic heterocycles. The van der Waals surface area contributed by atoms with Gasteiger partial charge in [-0.2, -0.15) is 5.26 Å². The third-order valence-electron chi connectivity index (χ3n) is 4.14. The number of nitriles is 1. The van der Waals surface area contributed by atoms with E-state index in [1.54, 1.807) is 24.3 Å². The quantitative estimate of drug-likeness (QED) is 0.523. The lowest BCUT2D eigenvalue weighted by molar-refractivity contribution is -0.115. The Balaban J connectivity index is 1.65. The number of aryl methyl sites for hydroxylation is 1. The number of benzene rings is 2. The molecule has 1 N–H and O–H groups in total. The van der Waals surface area contributed by atoms with Gasteiger partial charge in [0, 0.05) is 11.4 Å². The number of carbonyl (C=O) groups is 1. The lowest BCUT2D eigenvalue weighted by Crippen LogP contribution is -2.24. The monoisotopic (exact) mass is 403 g/mol. The first-order valence-corrected chi connectivity index (χ1v) is 10.1. The molecule has 29 heavy (non-hydrogen) atoms. The standard InChI is InChI=1S/C23H21N3O2S/c1-3-21(29-23-17(15-24)10-9-16(2)25-23)22(27)26-18-11-13-20(14-12-18)28-19-7-5-4-6-8-19/h4-14,21H,3H2,1-2H3,(H,26,27). The second-order valence-electron chi connectivity index (χ2n) is 6.36. The van der Waals surface area contributed by atoms with Gasteiger partial charge in [-0.1, -0.05) is 36.9 Å². The Morgan fingerprint density at radius 2 is 1.79 bits per heavy atom. The van der Waals surface area contributed by atoms with Crippen LogP contribution in [0.4, 0.5) is 5.69 Å². The predicted molar refractivity (Wildman–Crippen MR) is 115 cm³/mol. The van der Waals surface area contributed by atoms with Gasteiger partial charge in [-0.05, 0) is 61.9 Å². The Bertz CT molecular complexity index is 1010. The molecular formula is C23H21N3O2S. The van der Waals surface area contributed by atoms with E-state index in [4.69, 9.17) is 4.74 Å². The number of thioether (sulfide) groups is 1. The van der Waals surface area contributed by atoms with Crippen LogP contribution < -0.4 is 10.1 Å². The molecular weight excluding hydrogens is 382 g/mol. The van der Waals surface area contributed by atoms with Crippen LogP contribution in [-0.4, -0.2) is 16.1 Å². The predicted octanol–water partition coefficient (Wildman–Crippen LogP) is 5.56. The third-order valence-corrected chi connectivity index (χ3v) is 5.50. The van der Waals surface area contributed by atoms with Crippen molar-refractivity contribution in [3.8, 4) is 17.6 Å². The van der Waals surface area contributed by atoms with Crippen molar-refractivity contribution in [3.05, 3.63) is 78.0 Å². The molecule has 0 fully saturated rings. The first-order valence-electron chi connectivity index (χ1n) is 9.27. The number of para-hydroxylation sites is 1. The molecule has 1 amide bonds. The molecule has 1 atom stereocenters. The highest BCUT2D eigenvalue weighted by atomic mass is 32.2. The normalized spacial score (nSPS) is 11.3. The van der Waals surface area contributed by atoms with Gasteiger partial charge in [-0.15, -0.1) is 0 Å². The zero-order chi connectivity index (χ0) is 20.6. The number of rotatable bonds is 7. The molecule has 5 nitrogen and oxygen atoms in total. The van der Waals surface area contributed by atoms with Gasteiger partial charge >= 0.3 is 0 Å². The van der Waals surface area contributed by atoms with Crippen LogP contribution in [0.15, 0.2) is 71.8 Å². The van der Waals surface area contributed by atoms with Crippen molar-refractivity contribution in [2.24, 2.45) is 0 Å². The highest BCUT2D eigenvalue weighted by Crippen LogP contribution is 2.28. The summed E-state index contributed by atoms with van der Waals surface area (Å²) in [5.74, 6) is 1.32. The van der Waals surface area contributed by atoms with Crippen molar-refractivity contribution in [1.82, 2.24) is 4.98 Å². The van der Waals surface area contributed by atoms with Crippen LogP contribution in [0.3, 0.4) is 0 Å². The molecule has 0 aliphatic carbocycles. The molecule has 0 saturated heterocycles. The number of nitrogens with zero attached hydrogens (tertiary/aromatic N) is 2. The maximum absolute atomic E-state index is 12.7. The van der Waals surface area contributed by atoms with E-state index >= 15 is 0 Å². The summed E-state index contributed by atoms with van der Waals surface area (Å²) in [6.45, 7) is 3.81. The fraction of sp³-hybridized carbons (Fsp3) is 0.174. The first-order chi connectivity index (χ1) is 14.1. The van der Waals surface area contributed by atoms with E-state index in [0.29, 0.717) is 28.4 Å². The summed E-state index contributed by atoms with van der Waals surface area (Å²) >= 11 is 1.32. The van der Waals surface area contributed by atoms with E-state index in [2.05, 4.69) is 16.4 Å². The topological polar surface area (TPSA) is 75.0 Å². The second-order valence-corrected chi connectivity index (χ2v) is 7.55. The molecule has 3 rings (SSSR count). The van der Waals surface area contributed by atoms with E-state index < -0.39 is 0 Å². The van der Waals surface area contributed by atoms with Crippen molar-refractivity contribution >= 4 is 23.4 Å². The number of pyridine rings is 1. The fourth-order valence-electron chi connectivity index (χ4n) is 2.62. The van der Waals surface area contributed by atoms with Crippen LogP contribution in [-0.2, 0) is 4.79 Å². The summed E-state index contributed by atoms with van der Waals surface area (Å²) in [7, 11) is 0. The molecule has 0 bridgehead atoms. The van der Waals surface area contributed by atoms with Gasteiger partial charge in [0.05, 0.1) is 10.8 Å². The van der Waals surface area contributed by atoms with Crippen LogP contribution in [0.2, 0.25) is 0 Å². The average Bonchev–Trinajstić information content (AvgIpc) is 2.74. The number of anilines is 1. The number of carbonyl (C=O) groups excluding carboxylic acids is 1. The molecule has 1 unspecified atom stereocenters. The van der Waals surface area contributed by atoms with E-state index in [0.717, 1.165) is 11.4 Å². The summed E-state index contributed by atoms with van der Waals surface area (Å²) < 4.78 is 5.77. The van der Waals surface area contributed by atoms with Crippen LogP contribution in [0, 0.1) is 18.3 Å². The fourth-order valence-corrected chi connectivity index (χ4v) is 3.66. The Labute approximate surface area is 174 Å². The molecule has 146 valence electrons. The summed E-state index contributed by atoms with van der Waals surface area (Å²) in [4.78, 5) is 17.2. The largest absolute Gasteiger partial charge is 0.457 e. The molecule has 0 aliphatic rings. The zero-order valence-electron chi connectivity index (χ0n) is 16.3. The van der Waals surface area contributed by atoms with Gasteiger partial charge in [0.25, 0.3) is 0 Å². The van der Waals surface area contributed by atoms with E-state index in [9.17, 15) is 10.1 Å². The molecule has 6 heteroatoms. The van der Waals surface area contributed by atoms with Crippen LogP contribution in [0.25, 0.3) is 0 Å².